The molecule has 2 heterocycles. The number of piperidine rings is 1. The molecule has 3 atom stereocenters. The van der Waals surface area contributed by atoms with Crippen LogP contribution in [0.2, 0.25) is 0 Å². The molecule has 1 saturated carbocycles. The van der Waals surface area contributed by atoms with Crippen LogP contribution in [0.5, 0.6) is 0 Å². The normalized spacial score (nSPS) is 28.8. The van der Waals surface area contributed by atoms with Crippen LogP contribution in [0.3, 0.4) is 0 Å². The van der Waals surface area contributed by atoms with Crippen LogP contribution in [-0.2, 0) is 0 Å². The summed E-state index contributed by atoms with van der Waals surface area (Å²) in [6.07, 6.45) is 6.26. The summed E-state index contributed by atoms with van der Waals surface area (Å²) >= 11 is 1.61. The van der Waals surface area contributed by atoms with Crippen molar-refractivity contribution in [3.8, 4) is 0 Å². The first-order valence-corrected chi connectivity index (χ1v) is 9.59. The predicted molar refractivity (Wildman–Crippen MR) is 91.5 cm³/mol. The van der Waals surface area contributed by atoms with Gasteiger partial charge in [0.1, 0.15) is 4.88 Å². The monoisotopic (exact) mass is 320 g/mol. The van der Waals surface area contributed by atoms with Crippen molar-refractivity contribution in [3.63, 3.8) is 0 Å². The molecule has 22 heavy (non-hydrogen) atoms. The van der Waals surface area contributed by atoms with Gasteiger partial charge in [-0.2, -0.15) is 0 Å². The van der Waals surface area contributed by atoms with Crippen LogP contribution in [0.25, 0.3) is 0 Å². The molecule has 0 radical (unpaired) electrons. The fourth-order valence-corrected chi connectivity index (χ4v) is 5.18. The number of hydrogen-bond acceptors (Lipinski definition) is 3. The van der Waals surface area contributed by atoms with E-state index >= 15 is 0 Å². The second-order valence-corrected chi connectivity index (χ2v) is 8.43. The molecule has 2 aliphatic rings. The average molecular weight is 321 g/mol. The number of nitrogens with zero attached hydrogens (tertiary/aromatic N) is 2. The molecule has 1 aromatic rings. The van der Waals surface area contributed by atoms with Gasteiger partial charge in [-0.1, -0.05) is 33.6 Å². The summed E-state index contributed by atoms with van der Waals surface area (Å²) in [5.74, 6) is 2.12. The van der Waals surface area contributed by atoms with Crippen molar-refractivity contribution in [1.29, 1.82) is 0 Å². The number of fused-ring (bicyclic) bond motifs is 1. The summed E-state index contributed by atoms with van der Waals surface area (Å²) in [6, 6.07) is 0.467. The van der Waals surface area contributed by atoms with E-state index in [4.69, 9.17) is 0 Å². The molecule has 1 aromatic heterocycles. The summed E-state index contributed by atoms with van der Waals surface area (Å²) in [5.41, 5.74) is 0.921. The smallest absolute Gasteiger partial charge is 0.266 e. The Morgan fingerprint density at radius 2 is 2.00 bits per heavy atom. The average Bonchev–Trinajstić information content (AvgIpc) is 2.90. The van der Waals surface area contributed by atoms with Gasteiger partial charge in [0.05, 0.1) is 10.7 Å². The van der Waals surface area contributed by atoms with E-state index in [0.717, 1.165) is 34.5 Å². The molecule has 0 spiro atoms. The van der Waals surface area contributed by atoms with Gasteiger partial charge in [0.25, 0.3) is 5.91 Å². The lowest BCUT2D eigenvalue weighted by Gasteiger charge is -2.47. The third-order valence-corrected chi connectivity index (χ3v) is 6.95. The Balaban J connectivity index is 1.85. The van der Waals surface area contributed by atoms with Gasteiger partial charge in [0.15, 0.2) is 0 Å². The highest BCUT2D eigenvalue weighted by Gasteiger charge is 2.40. The number of carbonyl (C=O) groups is 1. The molecule has 2 fully saturated rings. The number of carbonyl (C=O) groups excluding carboxylic acids is 1. The third-order valence-electron chi connectivity index (χ3n) is 5.50. The van der Waals surface area contributed by atoms with E-state index in [9.17, 15) is 4.79 Å². The molecule has 0 unspecified atom stereocenters. The Bertz CT molecular complexity index is 551. The summed E-state index contributed by atoms with van der Waals surface area (Å²) in [5, 5.41) is 1.09. The molecule has 122 valence electrons. The first kappa shape index (κ1) is 16.0. The Kier molecular flexibility index (Phi) is 4.58. The van der Waals surface area contributed by atoms with Crippen LogP contribution in [0.15, 0.2) is 0 Å². The van der Waals surface area contributed by atoms with Crippen molar-refractivity contribution in [2.75, 3.05) is 6.54 Å². The van der Waals surface area contributed by atoms with E-state index < -0.39 is 0 Å². The van der Waals surface area contributed by atoms with Crippen LogP contribution < -0.4 is 0 Å². The first-order valence-electron chi connectivity index (χ1n) is 8.77. The maximum atomic E-state index is 13.1. The lowest BCUT2D eigenvalue weighted by molar-refractivity contribution is 0.0221. The molecule has 0 bridgehead atoms. The molecule has 1 aliphatic heterocycles. The fourth-order valence-electron chi connectivity index (χ4n) is 4.16. The van der Waals surface area contributed by atoms with Gasteiger partial charge in [0.2, 0.25) is 0 Å². The third kappa shape index (κ3) is 2.82. The van der Waals surface area contributed by atoms with Gasteiger partial charge >= 0.3 is 0 Å². The highest BCUT2D eigenvalue weighted by atomic mass is 32.1. The van der Waals surface area contributed by atoms with E-state index in [2.05, 4.69) is 30.7 Å². The second-order valence-electron chi connectivity index (χ2n) is 7.40. The predicted octanol–water partition coefficient (Wildman–Crippen LogP) is 4.62. The fraction of sp³-hybridized carbons (Fsp3) is 0.778. The Morgan fingerprint density at radius 1 is 1.27 bits per heavy atom. The maximum absolute atomic E-state index is 13.1. The minimum Gasteiger partial charge on any atom is -0.335 e. The van der Waals surface area contributed by atoms with Crippen molar-refractivity contribution in [2.24, 2.45) is 11.8 Å². The maximum Gasteiger partial charge on any atom is 0.266 e. The van der Waals surface area contributed by atoms with Gasteiger partial charge in [0, 0.05) is 18.5 Å². The van der Waals surface area contributed by atoms with Crippen molar-refractivity contribution in [3.05, 3.63) is 15.6 Å². The molecule has 1 aliphatic carbocycles. The summed E-state index contributed by atoms with van der Waals surface area (Å²) < 4.78 is 0. The number of likely N-dealkylation sites (tertiary alicyclic amines) is 1. The molecule has 1 saturated heterocycles. The van der Waals surface area contributed by atoms with Crippen molar-refractivity contribution >= 4 is 17.2 Å². The zero-order valence-corrected chi connectivity index (χ0v) is 15.1. The van der Waals surface area contributed by atoms with Crippen LogP contribution in [-0.4, -0.2) is 28.4 Å². The molecule has 0 N–H and O–H groups in total. The van der Waals surface area contributed by atoms with E-state index in [0.29, 0.717) is 17.9 Å². The Hall–Kier alpha value is -0.900. The van der Waals surface area contributed by atoms with Gasteiger partial charge < -0.3 is 4.90 Å². The lowest BCUT2D eigenvalue weighted by Crippen LogP contribution is -2.52. The standard InChI is InChI=1S/C18H28N2OS/c1-11(2)17-19-13(4)16(22-17)18(21)20-10-9-12(3)14-7-5-6-8-15(14)20/h11-12,14-15H,5-10H2,1-4H3/t12-,14+,15+/m0/s1. The minimum atomic E-state index is 0.241. The minimum absolute atomic E-state index is 0.241. The topological polar surface area (TPSA) is 33.2 Å². The number of thiazole rings is 1. The second kappa shape index (κ2) is 6.31. The molecule has 0 aromatic carbocycles. The Labute approximate surface area is 138 Å². The quantitative estimate of drug-likeness (QED) is 0.797. The SMILES string of the molecule is Cc1nc(C(C)C)sc1C(=O)N1CC[C@H](C)[C@H]2CCCC[C@H]21. The van der Waals surface area contributed by atoms with Gasteiger partial charge in [-0.25, -0.2) is 4.98 Å². The van der Waals surface area contributed by atoms with Crippen LogP contribution in [0.1, 0.15) is 79.2 Å². The van der Waals surface area contributed by atoms with Crippen molar-refractivity contribution in [2.45, 2.75) is 71.8 Å². The summed E-state index contributed by atoms with van der Waals surface area (Å²) in [7, 11) is 0. The summed E-state index contributed by atoms with van der Waals surface area (Å²) in [4.78, 5) is 20.8. The lowest BCUT2D eigenvalue weighted by atomic mass is 9.72. The van der Waals surface area contributed by atoms with Crippen LogP contribution in [0.4, 0.5) is 0 Å². The zero-order valence-electron chi connectivity index (χ0n) is 14.3. The van der Waals surface area contributed by atoms with Gasteiger partial charge in [-0.15, -0.1) is 11.3 Å². The van der Waals surface area contributed by atoms with Crippen molar-refractivity contribution in [1.82, 2.24) is 9.88 Å². The molecular formula is C18H28N2OS. The molecule has 1 amide bonds. The van der Waals surface area contributed by atoms with E-state index in [1.54, 1.807) is 11.3 Å². The van der Waals surface area contributed by atoms with E-state index in [-0.39, 0.29) is 5.91 Å². The van der Waals surface area contributed by atoms with E-state index in [1.807, 2.05) is 6.92 Å². The van der Waals surface area contributed by atoms with Gasteiger partial charge in [-0.05, 0) is 38.0 Å². The summed E-state index contributed by atoms with van der Waals surface area (Å²) in [6.45, 7) is 9.58. The molecule has 3 nitrogen and oxygen atoms in total. The first-order chi connectivity index (χ1) is 10.5. The number of amides is 1. The van der Waals surface area contributed by atoms with Gasteiger partial charge in [-0.3, -0.25) is 4.79 Å². The van der Waals surface area contributed by atoms with E-state index in [1.165, 1.54) is 25.7 Å². The highest BCUT2D eigenvalue weighted by molar-refractivity contribution is 7.13. The van der Waals surface area contributed by atoms with Crippen LogP contribution in [0, 0.1) is 18.8 Å². The largest absolute Gasteiger partial charge is 0.335 e. The molecule has 3 rings (SSSR count). The molecular weight excluding hydrogens is 292 g/mol. The number of aromatic nitrogens is 1. The zero-order chi connectivity index (χ0) is 15.9. The van der Waals surface area contributed by atoms with Crippen molar-refractivity contribution < 1.29 is 4.79 Å². The van der Waals surface area contributed by atoms with Crippen LogP contribution >= 0.6 is 11.3 Å². The molecule has 4 heteroatoms. The number of aryl methyl sites for hydroxylation is 1. The number of hydrogen-bond donors (Lipinski definition) is 0. The highest BCUT2D eigenvalue weighted by Crippen LogP contribution is 2.40. The number of rotatable bonds is 2. The Morgan fingerprint density at radius 3 is 2.68 bits per heavy atom.